The van der Waals surface area contributed by atoms with Gasteiger partial charge in [-0.3, -0.25) is 4.79 Å². The van der Waals surface area contributed by atoms with Crippen LogP contribution < -0.4 is 15.2 Å². The Morgan fingerprint density at radius 3 is 2.40 bits per heavy atom. The summed E-state index contributed by atoms with van der Waals surface area (Å²) >= 11 is 1.33. The van der Waals surface area contributed by atoms with Crippen LogP contribution in [-0.4, -0.2) is 43.1 Å². The van der Waals surface area contributed by atoms with E-state index in [4.69, 9.17) is 15.2 Å². The summed E-state index contributed by atoms with van der Waals surface area (Å²) in [4.78, 5) is 20.4. The average molecular weight is 359 g/mol. The number of amides is 1. The van der Waals surface area contributed by atoms with Crippen molar-refractivity contribution in [2.45, 2.75) is 13.8 Å². The van der Waals surface area contributed by atoms with Crippen molar-refractivity contribution in [2.75, 3.05) is 33.0 Å². The molecule has 132 valence electrons. The number of benzene rings is 1. The number of thiophene rings is 1. The van der Waals surface area contributed by atoms with Crippen LogP contribution in [-0.2, 0) is 0 Å². The highest BCUT2D eigenvalue weighted by molar-refractivity contribution is 7.21. The Labute approximate surface area is 150 Å². The quantitative estimate of drug-likeness (QED) is 0.754. The normalized spacial score (nSPS) is 11.0. The molecular formula is C18H21N3O3S. The Morgan fingerprint density at radius 2 is 1.80 bits per heavy atom. The van der Waals surface area contributed by atoms with Crippen LogP contribution in [0.25, 0.3) is 21.1 Å². The molecule has 0 radical (unpaired) electrons. The predicted octanol–water partition coefficient (Wildman–Crippen LogP) is 3.53. The molecule has 0 saturated carbocycles. The minimum Gasteiger partial charge on any atom is -0.493 e. The maximum absolute atomic E-state index is 12.7. The topological polar surface area (TPSA) is 77.7 Å². The smallest absolute Gasteiger partial charge is 0.266 e. The van der Waals surface area contributed by atoms with Crippen LogP contribution in [0, 0.1) is 0 Å². The minimum atomic E-state index is -0.0512. The summed E-state index contributed by atoms with van der Waals surface area (Å²) in [5.74, 6) is 1.19. The van der Waals surface area contributed by atoms with Crippen molar-refractivity contribution in [3.8, 4) is 11.5 Å². The van der Waals surface area contributed by atoms with E-state index in [9.17, 15) is 4.79 Å². The number of carbonyl (C=O) groups is 1. The molecule has 0 fully saturated rings. The molecule has 6 nitrogen and oxygen atoms in total. The summed E-state index contributed by atoms with van der Waals surface area (Å²) in [6.45, 7) is 5.20. The first-order chi connectivity index (χ1) is 12.0. The van der Waals surface area contributed by atoms with Crippen molar-refractivity contribution in [3.63, 3.8) is 0 Å². The van der Waals surface area contributed by atoms with Crippen LogP contribution in [0.4, 0.5) is 5.69 Å². The van der Waals surface area contributed by atoms with Crippen molar-refractivity contribution >= 4 is 44.1 Å². The number of hydrogen-bond acceptors (Lipinski definition) is 6. The van der Waals surface area contributed by atoms with E-state index >= 15 is 0 Å². The molecule has 0 bridgehead atoms. The Bertz CT molecular complexity index is 948. The highest BCUT2D eigenvalue weighted by Crippen LogP contribution is 2.38. The molecule has 2 aromatic heterocycles. The molecule has 2 N–H and O–H groups in total. The fourth-order valence-corrected chi connectivity index (χ4v) is 3.89. The number of carbonyl (C=O) groups excluding carboxylic acids is 1. The third-order valence-electron chi connectivity index (χ3n) is 4.26. The molecule has 0 aliphatic heterocycles. The van der Waals surface area contributed by atoms with E-state index in [-0.39, 0.29) is 5.91 Å². The first kappa shape index (κ1) is 17.3. The third kappa shape index (κ3) is 2.84. The minimum absolute atomic E-state index is 0.0512. The number of ether oxygens (including phenoxy) is 2. The number of pyridine rings is 1. The number of nitrogens with two attached hydrogens (primary N) is 1. The van der Waals surface area contributed by atoms with E-state index in [2.05, 4.69) is 4.98 Å². The van der Waals surface area contributed by atoms with E-state index in [0.29, 0.717) is 35.2 Å². The van der Waals surface area contributed by atoms with Gasteiger partial charge in [-0.2, -0.15) is 0 Å². The number of aromatic nitrogens is 1. The zero-order chi connectivity index (χ0) is 18.1. The number of anilines is 1. The summed E-state index contributed by atoms with van der Waals surface area (Å²) in [6, 6.07) is 5.64. The molecular weight excluding hydrogens is 338 g/mol. The van der Waals surface area contributed by atoms with Crippen molar-refractivity contribution in [1.82, 2.24) is 9.88 Å². The fourth-order valence-electron chi connectivity index (χ4n) is 2.84. The molecule has 25 heavy (non-hydrogen) atoms. The summed E-state index contributed by atoms with van der Waals surface area (Å²) < 4.78 is 10.7. The molecule has 0 saturated heterocycles. The summed E-state index contributed by atoms with van der Waals surface area (Å²) in [7, 11) is 3.18. The van der Waals surface area contributed by atoms with Crippen LogP contribution >= 0.6 is 11.3 Å². The van der Waals surface area contributed by atoms with E-state index in [1.807, 2.05) is 32.0 Å². The zero-order valence-electron chi connectivity index (χ0n) is 14.8. The lowest BCUT2D eigenvalue weighted by Crippen LogP contribution is -2.30. The maximum atomic E-state index is 12.7. The Hall–Kier alpha value is -2.54. The lowest BCUT2D eigenvalue weighted by Gasteiger charge is -2.17. The molecule has 0 atom stereocenters. The Morgan fingerprint density at radius 1 is 1.16 bits per heavy atom. The van der Waals surface area contributed by atoms with Crippen LogP contribution in [0.2, 0.25) is 0 Å². The third-order valence-corrected chi connectivity index (χ3v) is 5.37. The van der Waals surface area contributed by atoms with E-state index in [1.165, 1.54) is 11.3 Å². The zero-order valence-corrected chi connectivity index (χ0v) is 15.6. The van der Waals surface area contributed by atoms with E-state index in [1.54, 1.807) is 19.1 Å². The number of methoxy groups -OCH3 is 2. The highest BCUT2D eigenvalue weighted by atomic mass is 32.1. The maximum Gasteiger partial charge on any atom is 0.266 e. The first-order valence-electron chi connectivity index (χ1n) is 8.08. The van der Waals surface area contributed by atoms with Crippen LogP contribution in [0.3, 0.4) is 0 Å². The van der Waals surface area contributed by atoms with Gasteiger partial charge in [0.2, 0.25) is 0 Å². The summed E-state index contributed by atoms with van der Waals surface area (Å²) in [5, 5.41) is 1.68. The van der Waals surface area contributed by atoms with Gasteiger partial charge in [-0.05, 0) is 26.0 Å². The molecule has 0 unspecified atom stereocenters. The average Bonchev–Trinajstić information content (AvgIpc) is 2.95. The van der Waals surface area contributed by atoms with Gasteiger partial charge in [0.25, 0.3) is 5.91 Å². The van der Waals surface area contributed by atoms with Crippen molar-refractivity contribution in [3.05, 3.63) is 23.1 Å². The summed E-state index contributed by atoms with van der Waals surface area (Å²) in [5.41, 5.74) is 7.53. The molecule has 7 heteroatoms. The van der Waals surface area contributed by atoms with Crippen molar-refractivity contribution < 1.29 is 14.3 Å². The Balaban J connectivity index is 2.20. The standard InChI is InChI=1S/C18H21N3O3S/c1-5-21(6-2)18(22)16-15(19)11-7-10-8-13(23-3)14(24-4)9-12(10)20-17(11)25-16/h7-9H,5-6,19H2,1-4H3. The van der Waals surface area contributed by atoms with Gasteiger partial charge in [-0.25, -0.2) is 4.98 Å². The Kier molecular flexibility index (Phi) is 4.67. The molecule has 1 aromatic carbocycles. The van der Waals surface area contributed by atoms with Gasteiger partial charge < -0.3 is 20.1 Å². The predicted molar refractivity (Wildman–Crippen MR) is 102 cm³/mol. The lowest BCUT2D eigenvalue weighted by atomic mass is 10.1. The highest BCUT2D eigenvalue weighted by Gasteiger charge is 2.21. The van der Waals surface area contributed by atoms with Crippen LogP contribution in [0.1, 0.15) is 23.5 Å². The van der Waals surface area contributed by atoms with E-state index < -0.39 is 0 Å². The largest absolute Gasteiger partial charge is 0.493 e. The van der Waals surface area contributed by atoms with Gasteiger partial charge in [0.15, 0.2) is 11.5 Å². The van der Waals surface area contributed by atoms with Crippen LogP contribution in [0.15, 0.2) is 18.2 Å². The monoisotopic (exact) mass is 359 g/mol. The number of nitrogen functional groups attached to an aromatic ring is 1. The molecule has 0 aliphatic carbocycles. The molecule has 1 amide bonds. The van der Waals surface area contributed by atoms with Gasteiger partial charge >= 0.3 is 0 Å². The first-order valence-corrected chi connectivity index (χ1v) is 8.89. The second-order valence-corrected chi connectivity index (χ2v) is 6.56. The number of nitrogens with zero attached hydrogens (tertiary/aromatic N) is 2. The van der Waals surface area contributed by atoms with Gasteiger partial charge in [0, 0.05) is 29.9 Å². The SMILES string of the molecule is CCN(CC)C(=O)c1sc2nc3cc(OC)c(OC)cc3cc2c1N. The van der Waals surface area contributed by atoms with Gasteiger partial charge in [-0.15, -0.1) is 11.3 Å². The summed E-state index contributed by atoms with van der Waals surface area (Å²) in [6.07, 6.45) is 0. The number of fused-ring (bicyclic) bond motifs is 2. The second kappa shape index (κ2) is 6.76. The lowest BCUT2D eigenvalue weighted by molar-refractivity contribution is 0.0779. The second-order valence-electron chi connectivity index (χ2n) is 5.56. The van der Waals surface area contributed by atoms with Gasteiger partial charge in [-0.1, -0.05) is 0 Å². The molecule has 0 aliphatic rings. The van der Waals surface area contributed by atoms with Crippen molar-refractivity contribution in [2.24, 2.45) is 0 Å². The molecule has 3 rings (SSSR count). The van der Waals surface area contributed by atoms with Crippen molar-refractivity contribution in [1.29, 1.82) is 0 Å². The van der Waals surface area contributed by atoms with Gasteiger partial charge in [0.05, 0.1) is 25.4 Å². The van der Waals surface area contributed by atoms with Gasteiger partial charge in [0.1, 0.15) is 9.71 Å². The number of rotatable bonds is 5. The number of hydrogen-bond donors (Lipinski definition) is 1. The molecule has 2 heterocycles. The molecule has 0 spiro atoms. The molecule has 3 aromatic rings. The van der Waals surface area contributed by atoms with E-state index in [0.717, 1.165) is 21.1 Å². The fraction of sp³-hybridized carbons (Fsp3) is 0.333. The van der Waals surface area contributed by atoms with Crippen LogP contribution in [0.5, 0.6) is 11.5 Å².